The van der Waals surface area contributed by atoms with Crippen LogP contribution in [-0.4, -0.2) is 29.3 Å². The van der Waals surface area contributed by atoms with E-state index in [1.165, 1.54) is 30.5 Å². The Kier molecular flexibility index (Phi) is 4.20. The lowest BCUT2D eigenvalue weighted by Gasteiger charge is -2.22. The minimum atomic E-state index is -4.57. The molecule has 1 aromatic carbocycles. The number of anilines is 1. The molecule has 0 spiro atoms. The summed E-state index contributed by atoms with van der Waals surface area (Å²) in [6.45, 7) is 1.37. The Morgan fingerprint density at radius 2 is 1.96 bits per heavy atom. The van der Waals surface area contributed by atoms with Crippen molar-refractivity contribution in [1.29, 1.82) is 0 Å². The number of nitrogen functional groups attached to an aromatic ring is 1. The highest BCUT2D eigenvalue weighted by Gasteiger charge is 2.35. The van der Waals surface area contributed by atoms with E-state index in [-0.39, 0.29) is 23.5 Å². The quantitative estimate of drug-likeness (QED) is 0.845. The molecule has 25 heavy (non-hydrogen) atoms. The number of cyclic esters (lactones) is 1. The van der Waals surface area contributed by atoms with E-state index in [0.717, 1.165) is 6.07 Å². The van der Waals surface area contributed by atoms with Gasteiger partial charge in [0.1, 0.15) is 18.5 Å². The van der Waals surface area contributed by atoms with Gasteiger partial charge in [0.2, 0.25) is 0 Å². The molecule has 1 aromatic heterocycles. The van der Waals surface area contributed by atoms with Crippen molar-refractivity contribution in [3.05, 3.63) is 47.7 Å². The van der Waals surface area contributed by atoms with E-state index in [0.29, 0.717) is 11.3 Å². The first-order valence-corrected chi connectivity index (χ1v) is 7.43. The summed E-state index contributed by atoms with van der Waals surface area (Å²) in [4.78, 5) is 19.1. The fourth-order valence-electron chi connectivity index (χ4n) is 2.70. The molecule has 1 aliphatic rings. The maximum absolute atomic E-state index is 13.6. The van der Waals surface area contributed by atoms with Gasteiger partial charge < -0.3 is 10.5 Å². The largest absolute Gasteiger partial charge is 0.455 e. The number of hydrogen-bond donors (Lipinski definition) is 1. The number of carbonyl (C=O) groups excluding carboxylic acids is 1. The van der Waals surface area contributed by atoms with Crippen LogP contribution in [0.4, 0.5) is 19.0 Å². The number of ether oxygens (including phenoxy) is 1. The van der Waals surface area contributed by atoms with Gasteiger partial charge in [-0.2, -0.15) is 13.2 Å². The molecule has 0 saturated carbocycles. The second kappa shape index (κ2) is 6.19. The maximum Gasteiger partial charge on any atom is 0.417 e. The van der Waals surface area contributed by atoms with Crippen molar-refractivity contribution in [3.63, 3.8) is 0 Å². The molecule has 2 aromatic rings. The molecule has 5 nitrogen and oxygen atoms in total. The number of aliphatic imine (C=N–C) groups is 1. The molecule has 0 saturated heterocycles. The molecule has 2 heterocycles. The molecule has 1 aliphatic heterocycles. The van der Waals surface area contributed by atoms with Crippen LogP contribution in [0, 0.1) is 0 Å². The van der Waals surface area contributed by atoms with Gasteiger partial charge in [-0.15, -0.1) is 0 Å². The van der Waals surface area contributed by atoms with Gasteiger partial charge in [0.15, 0.2) is 0 Å². The van der Waals surface area contributed by atoms with Gasteiger partial charge in [-0.3, -0.25) is 9.79 Å². The van der Waals surface area contributed by atoms with Gasteiger partial charge in [0, 0.05) is 6.20 Å². The summed E-state index contributed by atoms with van der Waals surface area (Å²) in [7, 11) is 0. The highest BCUT2D eigenvalue weighted by Crippen LogP contribution is 2.38. The summed E-state index contributed by atoms with van der Waals surface area (Å²) in [5.41, 5.74) is 5.64. The van der Waals surface area contributed by atoms with Crippen molar-refractivity contribution in [1.82, 2.24) is 4.98 Å². The Morgan fingerprint density at radius 3 is 2.60 bits per heavy atom. The van der Waals surface area contributed by atoms with E-state index < -0.39 is 23.8 Å². The number of hydrogen-bond acceptors (Lipinski definition) is 5. The van der Waals surface area contributed by atoms with Crippen molar-refractivity contribution in [2.45, 2.75) is 19.2 Å². The first-order valence-electron chi connectivity index (χ1n) is 7.43. The lowest BCUT2D eigenvalue weighted by atomic mass is 9.94. The summed E-state index contributed by atoms with van der Waals surface area (Å²) in [5.74, 6) is -0.372. The monoisotopic (exact) mass is 349 g/mol. The molecule has 0 bridgehead atoms. The Labute approximate surface area is 141 Å². The number of halogens is 3. The van der Waals surface area contributed by atoms with Crippen molar-refractivity contribution in [2.75, 3.05) is 12.3 Å². The molecule has 0 aliphatic carbocycles. The number of nitrogens with two attached hydrogens (primary N) is 1. The number of aromatic nitrogens is 1. The topological polar surface area (TPSA) is 77.6 Å². The average molecular weight is 349 g/mol. The summed E-state index contributed by atoms with van der Waals surface area (Å²) < 4.78 is 45.7. The normalized spacial score (nSPS) is 17.8. The minimum absolute atomic E-state index is 0.00796. The summed E-state index contributed by atoms with van der Waals surface area (Å²) in [6.07, 6.45) is -3.92. The highest BCUT2D eigenvalue weighted by atomic mass is 19.4. The molecular formula is C17H14F3N3O2. The maximum atomic E-state index is 13.6. The Hall–Kier alpha value is -2.90. The number of benzene rings is 1. The third-order valence-corrected chi connectivity index (χ3v) is 3.78. The van der Waals surface area contributed by atoms with E-state index in [1.54, 1.807) is 6.92 Å². The fourth-order valence-corrected chi connectivity index (χ4v) is 2.70. The van der Waals surface area contributed by atoms with Gasteiger partial charge >= 0.3 is 12.1 Å². The third-order valence-electron chi connectivity index (χ3n) is 3.78. The molecule has 0 radical (unpaired) electrons. The van der Waals surface area contributed by atoms with Crippen LogP contribution in [0.3, 0.4) is 0 Å². The second-order valence-corrected chi connectivity index (χ2v) is 5.56. The van der Waals surface area contributed by atoms with Gasteiger partial charge in [-0.05, 0) is 41.8 Å². The predicted octanol–water partition coefficient (Wildman–Crippen LogP) is 3.08. The minimum Gasteiger partial charge on any atom is -0.455 e. The lowest BCUT2D eigenvalue weighted by molar-refractivity contribution is -0.144. The molecule has 0 fully saturated rings. The van der Waals surface area contributed by atoms with Crippen LogP contribution in [0.2, 0.25) is 0 Å². The van der Waals surface area contributed by atoms with Gasteiger partial charge in [0.25, 0.3) is 0 Å². The lowest BCUT2D eigenvalue weighted by Crippen LogP contribution is -2.32. The van der Waals surface area contributed by atoms with E-state index in [2.05, 4.69) is 9.98 Å². The van der Waals surface area contributed by atoms with Crippen molar-refractivity contribution in [2.24, 2.45) is 4.99 Å². The van der Waals surface area contributed by atoms with Crippen molar-refractivity contribution < 1.29 is 22.7 Å². The smallest absolute Gasteiger partial charge is 0.417 e. The number of carbonyl (C=O) groups is 1. The SMILES string of the molecule is C[C@@H]1OC(=O)CN=C1c1ccc(-c2ccnc(N)c2)c(C(F)(F)F)c1. The number of alkyl halides is 3. The zero-order valence-electron chi connectivity index (χ0n) is 13.2. The highest BCUT2D eigenvalue weighted by molar-refractivity contribution is 6.07. The van der Waals surface area contributed by atoms with Crippen LogP contribution in [0.25, 0.3) is 11.1 Å². The number of nitrogens with zero attached hydrogens (tertiary/aromatic N) is 2. The van der Waals surface area contributed by atoms with E-state index >= 15 is 0 Å². The molecule has 0 amide bonds. The van der Waals surface area contributed by atoms with E-state index in [4.69, 9.17) is 10.5 Å². The molecule has 8 heteroatoms. The standard InChI is InChI=1S/C17H14F3N3O2/c1-9-16(23-8-15(24)25-9)11-2-3-12(13(6-11)17(18,19)20)10-4-5-22-14(21)7-10/h2-7,9H,8H2,1H3,(H2,21,22)/t9-/m0/s1. The predicted molar refractivity (Wildman–Crippen MR) is 86.0 cm³/mol. The third kappa shape index (κ3) is 3.47. The Bertz CT molecular complexity index is 862. The van der Waals surface area contributed by atoms with Crippen LogP contribution in [-0.2, 0) is 15.7 Å². The first kappa shape index (κ1) is 16.9. The van der Waals surface area contributed by atoms with Gasteiger partial charge in [0.05, 0.1) is 11.3 Å². The molecule has 3 rings (SSSR count). The van der Waals surface area contributed by atoms with Crippen LogP contribution in [0.1, 0.15) is 18.1 Å². The van der Waals surface area contributed by atoms with Gasteiger partial charge in [-0.25, -0.2) is 4.98 Å². The zero-order chi connectivity index (χ0) is 18.2. The van der Waals surface area contributed by atoms with Crippen molar-refractivity contribution >= 4 is 17.5 Å². The summed E-state index contributed by atoms with van der Waals surface area (Å²) >= 11 is 0. The molecular weight excluding hydrogens is 335 g/mol. The molecule has 130 valence electrons. The number of rotatable bonds is 2. The van der Waals surface area contributed by atoms with Crippen molar-refractivity contribution in [3.8, 4) is 11.1 Å². The second-order valence-electron chi connectivity index (χ2n) is 5.56. The zero-order valence-corrected chi connectivity index (χ0v) is 13.2. The van der Waals surface area contributed by atoms with E-state index in [9.17, 15) is 18.0 Å². The van der Waals surface area contributed by atoms with Crippen LogP contribution >= 0.6 is 0 Å². The van der Waals surface area contributed by atoms with Crippen LogP contribution in [0.5, 0.6) is 0 Å². The van der Waals surface area contributed by atoms with Gasteiger partial charge in [-0.1, -0.05) is 12.1 Å². The number of pyridine rings is 1. The van der Waals surface area contributed by atoms with E-state index in [1.807, 2.05) is 0 Å². The summed E-state index contributed by atoms with van der Waals surface area (Å²) in [5, 5.41) is 0. The Morgan fingerprint density at radius 1 is 1.20 bits per heavy atom. The summed E-state index contributed by atoms with van der Waals surface area (Å²) in [6, 6.07) is 6.74. The Balaban J connectivity index is 2.12. The first-order chi connectivity index (χ1) is 11.8. The average Bonchev–Trinajstić information content (AvgIpc) is 2.53. The van der Waals surface area contributed by atoms with Crippen LogP contribution < -0.4 is 5.73 Å². The number of esters is 1. The molecule has 0 unspecified atom stereocenters. The molecule has 1 atom stereocenters. The molecule has 2 N–H and O–H groups in total. The van der Waals surface area contributed by atoms with Crippen LogP contribution in [0.15, 0.2) is 41.5 Å². The fraction of sp³-hybridized carbons (Fsp3) is 0.235.